The van der Waals surface area contributed by atoms with Gasteiger partial charge in [-0.25, -0.2) is 14.4 Å². The molecule has 1 aliphatic heterocycles. The van der Waals surface area contributed by atoms with Crippen molar-refractivity contribution >= 4 is 30.0 Å². The van der Waals surface area contributed by atoms with Gasteiger partial charge in [0.15, 0.2) is 0 Å². The Hall–Kier alpha value is -2.16. The summed E-state index contributed by atoms with van der Waals surface area (Å²) in [7, 11) is 0. The van der Waals surface area contributed by atoms with Gasteiger partial charge in [0, 0.05) is 24.4 Å². The lowest BCUT2D eigenvalue weighted by Crippen LogP contribution is -2.44. The van der Waals surface area contributed by atoms with Gasteiger partial charge in [-0.05, 0) is 67.4 Å². The van der Waals surface area contributed by atoms with E-state index in [2.05, 4.69) is 13.2 Å². The fourth-order valence-electron chi connectivity index (χ4n) is 2.54. The Morgan fingerprint density at radius 2 is 1.66 bits per heavy atom. The van der Waals surface area contributed by atoms with Crippen LogP contribution in [0.2, 0.25) is 0 Å². The lowest BCUT2D eigenvalue weighted by molar-refractivity contribution is -0.148. The molecule has 184 valence electrons. The molecule has 0 spiro atoms. The monoisotopic (exact) mass is 473 g/mol. The van der Waals surface area contributed by atoms with Crippen LogP contribution >= 0.6 is 11.8 Å². The van der Waals surface area contributed by atoms with Gasteiger partial charge in [-0.3, -0.25) is 0 Å². The fourth-order valence-corrected chi connectivity index (χ4v) is 3.50. The molecule has 1 atom stereocenters. The zero-order valence-corrected chi connectivity index (χ0v) is 21.5. The molecule has 1 amide bonds. The van der Waals surface area contributed by atoms with Crippen LogP contribution in [0.15, 0.2) is 24.8 Å². The molecule has 8 nitrogen and oxygen atoms in total. The predicted octanol–water partition coefficient (Wildman–Crippen LogP) is 5.32. The first-order chi connectivity index (χ1) is 14.7. The van der Waals surface area contributed by atoms with Gasteiger partial charge in [-0.15, -0.1) is 24.9 Å². The van der Waals surface area contributed by atoms with E-state index in [4.69, 9.17) is 18.9 Å². The molecule has 0 aromatic heterocycles. The van der Waals surface area contributed by atoms with Crippen LogP contribution in [0.1, 0.15) is 61.8 Å². The van der Waals surface area contributed by atoms with Crippen molar-refractivity contribution in [3.05, 3.63) is 24.8 Å². The van der Waals surface area contributed by atoms with Crippen LogP contribution in [0.4, 0.5) is 9.59 Å². The van der Waals surface area contributed by atoms with E-state index >= 15 is 0 Å². The van der Waals surface area contributed by atoms with Crippen LogP contribution in [-0.4, -0.2) is 64.7 Å². The van der Waals surface area contributed by atoms with Gasteiger partial charge < -0.3 is 23.8 Å². The van der Waals surface area contributed by atoms with Crippen molar-refractivity contribution in [2.24, 2.45) is 0 Å². The minimum atomic E-state index is -0.735. The molecule has 0 saturated carbocycles. The maximum atomic E-state index is 12.5. The molecule has 1 rings (SSSR count). The van der Waals surface area contributed by atoms with Gasteiger partial charge in [0.25, 0.3) is 0 Å². The second-order valence-corrected chi connectivity index (χ2v) is 10.4. The summed E-state index contributed by atoms with van der Waals surface area (Å²) >= 11 is 1.37. The first-order valence-electron chi connectivity index (χ1n) is 10.5. The molecule has 0 aliphatic carbocycles. The minimum Gasteiger partial charge on any atom is -0.457 e. The summed E-state index contributed by atoms with van der Waals surface area (Å²) in [4.78, 5) is 37.9. The third-order valence-corrected chi connectivity index (χ3v) is 4.78. The zero-order chi connectivity index (χ0) is 25.1. The molecule has 1 saturated heterocycles. The number of esters is 1. The van der Waals surface area contributed by atoms with Crippen LogP contribution < -0.4 is 0 Å². The molecule has 0 aromatic rings. The lowest BCUT2D eigenvalue weighted by Gasteiger charge is -2.35. The average molecular weight is 474 g/mol. The quantitative estimate of drug-likeness (QED) is 0.174. The summed E-state index contributed by atoms with van der Waals surface area (Å²) in [6, 6.07) is 0. The molecular formula is C23H39NO7S. The molecule has 1 fully saturated rings. The fraction of sp³-hybridized carbons (Fsp3) is 0.696. The highest BCUT2D eigenvalue weighted by Gasteiger charge is 2.31. The lowest BCUT2D eigenvalue weighted by atomic mass is 10.0. The number of carbonyl (C=O) groups is 3. The summed E-state index contributed by atoms with van der Waals surface area (Å²) in [5, 5.41) is -0.108. The van der Waals surface area contributed by atoms with E-state index in [1.165, 1.54) is 17.8 Å². The van der Waals surface area contributed by atoms with Gasteiger partial charge in [-0.1, -0.05) is 0 Å². The van der Waals surface area contributed by atoms with Crippen molar-refractivity contribution in [2.45, 2.75) is 84.4 Å². The number of amides is 1. The van der Waals surface area contributed by atoms with Crippen LogP contribution in [0.3, 0.4) is 0 Å². The number of likely N-dealkylation sites (tertiary alicyclic amines) is 1. The van der Waals surface area contributed by atoms with Crippen molar-refractivity contribution in [1.29, 1.82) is 0 Å². The van der Waals surface area contributed by atoms with Crippen molar-refractivity contribution in [2.75, 3.05) is 19.0 Å². The number of thioether (sulfide) groups is 1. The highest BCUT2D eigenvalue weighted by molar-refractivity contribution is 7.99. The molecule has 0 aromatic carbocycles. The zero-order valence-electron chi connectivity index (χ0n) is 20.7. The number of carbonyl (C=O) groups excluding carboxylic acids is 3. The highest BCUT2D eigenvalue weighted by Crippen LogP contribution is 2.29. The second kappa shape index (κ2) is 13.4. The number of hydrogen-bond donors (Lipinski definition) is 0. The number of rotatable bonds is 5. The van der Waals surface area contributed by atoms with E-state index in [-0.39, 0.29) is 23.8 Å². The molecule has 0 bridgehead atoms. The summed E-state index contributed by atoms with van der Waals surface area (Å²) < 4.78 is 20.9. The van der Waals surface area contributed by atoms with Crippen LogP contribution in [0.25, 0.3) is 0 Å². The molecule has 1 aliphatic rings. The Balaban J connectivity index is 0.00000466. The van der Waals surface area contributed by atoms with E-state index in [1.54, 1.807) is 60.3 Å². The van der Waals surface area contributed by atoms with Crippen LogP contribution in [0, 0.1) is 0 Å². The van der Waals surface area contributed by atoms with E-state index in [9.17, 15) is 14.4 Å². The van der Waals surface area contributed by atoms with Gasteiger partial charge in [0.05, 0.1) is 6.10 Å². The summed E-state index contributed by atoms with van der Waals surface area (Å²) in [5.41, 5.74) is -0.519. The molecule has 1 heterocycles. The number of ether oxygens (including phenoxy) is 4. The Morgan fingerprint density at radius 1 is 1.09 bits per heavy atom. The van der Waals surface area contributed by atoms with E-state index in [1.807, 2.05) is 0 Å². The van der Waals surface area contributed by atoms with Gasteiger partial charge >= 0.3 is 18.2 Å². The third kappa shape index (κ3) is 13.3. The van der Waals surface area contributed by atoms with Crippen LogP contribution in [0.5, 0.6) is 0 Å². The van der Waals surface area contributed by atoms with Gasteiger partial charge in [0.2, 0.25) is 0 Å². The number of nitrogens with zero attached hydrogens (tertiary/aromatic N) is 1. The Kier molecular flexibility index (Phi) is 12.5. The van der Waals surface area contributed by atoms with E-state index in [0.29, 0.717) is 18.5 Å². The summed E-state index contributed by atoms with van der Waals surface area (Å²) in [6.07, 6.45) is 0.578. The van der Waals surface area contributed by atoms with Gasteiger partial charge in [-0.2, -0.15) is 0 Å². The standard InChI is InChI=1S/C21H35NO7S.C2H4/c1-14(2)27-19(25)26-13-30-16-9-10-22(18(24)29-21(6,7)8)12-15(16)11-17(23)28-20(3,4)5;1-2/h11,14,16H,9-10,12-13H2,1-8H3;1-2H2/b15-11+;. The smallest absolute Gasteiger partial charge is 0.457 e. The van der Waals surface area contributed by atoms with E-state index in [0.717, 1.165) is 0 Å². The molecule has 0 N–H and O–H groups in total. The number of hydrogen-bond acceptors (Lipinski definition) is 8. The maximum Gasteiger partial charge on any atom is 0.509 e. The summed E-state index contributed by atoms with van der Waals surface area (Å²) in [6.45, 7) is 21.0. The molecule has 32 heavy (non-hydrogen) atoms. The Labute approximate surface area is 196 Å². The first-order valence-corrected chi connectivity index (χ1v) is 11.6. The third-order valence-electron chi connectivity index (χ3n) is 3.59. The van der Waals surface area contributed by atoms with Gasteiger partial charge in [0.1, 0.15) is 17.1 Å². The minimum absolute atomic E-state index is 0.0777. The Bertz CT molecular complexity index is 662. The SMILES string of the molecule is C=C.CC(C)OC(=O)OCSC1CCN(C(=O)OC(C)(C)C)C/C1=C\C(=O)OC(C)(C)C. The summed E-state index contributed by atoms with van der Waals surface area (Å²) in [5.74, 6) is -0.400. The average Bonchev–Trinajstić information content (AvgIpc) is 2.60. The molecular weight excluding hydrogens is 434 g/mol. The van der Waals surface area contributed by atoms with E-state index < -0.39 is 29.4 Å². The topological polar surface area (TPSA) is 91.4 Å². The van der Waals surface area contributed by atoms with Crippen molar-refractivity contribution in [3.63, 3.8) is 0 Å². The molecule has 1 unspecified atom stereocenters. The second-order valence-electron chi connectivity index (χ2n) is 9.28. The Morgan fingerprint density at radius 3 is 2.16 bits per heavy atom. The predicted molar refractivity (Wildman–Crippen MR) is 127 cm³/mol. The largest absolute Gasteiger partial charge is 0.509 e. The van der Waals surface area contributed by atoms with Crippen LogP contribution in [-0.2, 0) is 23.7 Å². The highest BCUT2D eigenvalue weighted by atomic mass is 32.2. The van der Waals surface area contributed by atoms with Crippen molar-refractivity contribution in [1.82, 2.24) is 4.90 Å². The normalized spacial score (nSPS) is 17.8. The van der Waals surface area contributed by atoms with Crippen molar-refractivity contribution in [3.8, 4) is 0 Å². The first kappa shape index (κ1) is 29.8. The number of piperidine rings is 1. The maximum absolute atomic E-state index is 12.5. The molecule has 0 radical (unpaired) electrons. The molecule has 9 heteroatoms. The van der Waals surface area contributed by atoms with Crippen molar-refractivity contribution < 1.29 is 33.3 Å².